The van der Waals surface area contributed by atoms with Crippen LogP contribution in [-0.4, -0.2) is 49.9 Å². The first-order valence-electron chi connectivity index (χ1n) is 9.88. The van der Waals surface area contributed by atoms with Gasteiger partial charge in [-0.2, -0.15) is 5.10 Å². The molecule has 1 unspecified atom stereocenters. The van der Waals surface area contributed by atoms with E-state index in [4.69, 9.17) is 0 Å². The van der Waals surface area contributed by atoms with E-state index in [-0.39, 0.29) is 17.9 Å². The molecule has 2 amide bonds. The van der Waals surface area contributed by atoms with Crippen LogP contribution in [0.3, 0.4) is 0 Å². The molecule has 8 nitrogen and oxygen atoms in total. The zero-order chi connectivity index (χ0) is 20.7. The lowest BCUT2D eigenvalue weighted by atomic mass is 10.1. The van der Waals surface area contributed by atoms with Crippen molar-refractivity contribution >= 4 is 28.4 Å². The summed E-state index contributed by atoms with van der Waals surface area (Å²) in [5.41, 5.74) is 3.17. The molecule has 0 spiro atoms. The number of nitrogens with one attached hydrogen (secondary N) is 1. The van der Waals surface area contributed by atoms with Gasteiger partial charge >= 0.3 is 0 Å². The molecular weight excluding hydrogens is 380 g/mol. The van der Waals surface area contributed by atoms with E-state index in [2.05, 4.69) is 20.4 Å². The Bertz CT molecular complexity index is 1280. The Morgan fingerprint density at radius 1 is 1.13 bits per heavy atom. The Kier molecular flexibility index (Phi) is 4.39. The van der Waals surface area contributed by atoms with Crippen LogP contribution >= 0.6 is 0 Å². The van der Waals surface area contributed by atoms with Crippen LogP contribution in [0.2, 0.25) is 0 Å². The molecule has 1 aliphatic rings. The van der Waals surface area contributed by atoms with Crippen molar-refractivity contribution in [1.29, 1.82) is 0 Å². The number of pyridine rings is 1. The summed E-state index contributed by atoms with van der Waals surface area (Å²) in [5, 5.41) is 7.93. The molecule has 30 heavy (non-hydrogen) atoms. The average Bonchev–Trinajstić information content (AvgIpc) is 3.45. The third-order valence-electron chi connectivity index (χ3n) is 5.59. The zero-order valence-electron chi connectivity index (χ0n) is 16.4. The molecule has 1 atom stereocenters. The van der Waals surface area contributed by atoms with Crippen molar-refractivity contribution < 1.29 is 9.59 Å². The third kappa shape index (κ3) is 2.88. The van der Waals surface area contributed by atoms with Crippen molar-refractivity contribution in [3.8, 4) is 0 Å². The van der Waals surface area contributed by atoms with E-state index in [1.165, 1.54) is 6.20 Å². The second-order valence-electron chi connectivity index (χ2n) is 7.32. The topological polar surface area (TPSA) is 92.5 Å². The predicted molar refractivity (Wildman–Crippen MR) is 111 cm³/mol. The number of para-hydroxylation sites is 1. The van der Waals surface area contributed by atoms with Gasteiger partial charge in [0.15, 0.2) is 5.65 Å². The first-order chi connectivity index (χ1) is 14.7. The van der Waals surface area contributed by atoms with Crippen molar-refractivity contribution in [3.05, 3.63) is 71.8 Å². The molecule has 5 rings (SSSR count). The third-order valence-corrected chi connectivity index (χ3v) is 5.59. The number of aromatic nitrogens is 4. The van der Waals surface area contributed by atoms with E-state index in [9.17, 15) is 9.59 Å². The summed E-state index contributed by atoms with van der Waals surface area (Å²) in [4.78, 5) is 36.1. The highest BCUT2D eigenvalue weighted by molar-refractivity contribution is 5.99. The lowest BCUT2D eigenvalue weighted by molar-refractivity contribution is 0.0731. The Morgan fingerprint density at radius 2 is 2.00 bits per heavy atom. The monoisotopic (exact) mass is 400 g/mol. The molecule has 3 aromatic heterocycles. The van der Waals surface area contributed by atoms with E-state index >= 15 is 0 Å². The fraction of sp³-hybridized carbons (Fsp3) is 0.227. The van der Waals surface area contributed by atoms with Crippen molar-refractivity contribution in [2.24, 2.45) is 0 Å². The molecule has 0 radical (unpaired) electrons. The van der Waals surface area contributed by atoms with Gasteiger partial charge in [0.25, 0.3) is 11.8 Å². The number of fused-ring (bicyclic) bond motifs is 2. The molecular formula is C22H20N6O2. The van der Waals surface area contributed by atoms with Gasteiger partial charge in [0.1, 0.15) is 5.56 Å². The number of rotatable bonds is 3. The first-order valence-corrected chi connectivity index (χ1v) is 9.88. The van der Waals surface area contributed by atoms with Crippen LogP contribution in [0.5, 0.6) is 0 Å². The second kappa shape index (κ2) is 7.22. The molecule has 1 fully saturated rings. The van der Waals surface area contributed by atoms with Crippen molar-refractivity contribution in [2.45, 2.75) is 18.9 Å². The van der Waals surface area contributed by atoms with Crippen molar-refractivity contribution in [3.63, 3.8) is 0 Å². The number of carbonyl (C=O) groups is 2. The summed E-state index contributed by atoms with van der Waals surface area (Å²) in [7, 11) is 1.57. The van der Waals surface area contributed by atoms with Crippen molar-refractivity contribution in [1.82, 2.24) is 29.8 Å². The molecule has 4 heterocycles. The molecule has 1 N–H and O–H groups in total. The van der Waals surface area contributed by atoms with E-state index in [1.807, 2.05) is 41.3 Å². The number of hydrogen-bond acceptors (Lipinski definition) is 5. The normalized spacial score (nSPS) is 16.3. The number of hydrogen-bond donors (Lipinski definition) is 1. The van der Waals surface area contributed by atoms with E-state index in [0.29, 0.717) is 23.3 Å². The van der Waals surface area contributed by atoms with Crippen LogP contribution in [-0.2, 0) is 0 Å². The van der Waals surface area contributed by atoms with E-state index in [0.717, 1.165) is 29.4 Å². The molecule has 4 aromatic rings. The lowest BCUT2D eigenvalue weighted by Crippen LogP contribution is -2.31. The summed E-state index contributed by atoms with van der Waals surface area (Å²) >= 11 is 0. The first kappa shape index (κ1) is 18.2. The smallest absolute Gasteiger partial charge is 0.256 e. The highest BCUT2D eigenvalue weighted by Gasteiger charge is 2.33. The highest BCUT2D eigenvalue weighted by atomic mass is 16.2. The summed E-state index contributed by atoms with van der Waals surface area (Å²) in [6, 6.07) is 11.4. The largest absolute Gasteiger partial charge is 0.355 e. The Morgan fingerprint density at radius 3 is 2.87 bits per heavy atom. The molecule has 0 aliphatic carbocycles. The number of nitrogens with zero attached hydrogens (tertiary/aromatic N) is 5. The van der Waals surface area contributed by atoms with Gasteiger partial charge in [-0.3, -0.25) is 14.6 Å². The quantitative estimate of drug-likeness (QED) is 0.571. The highest BCUT2D eigenvalue weighted by Crippen LogP contribution is 2.33. The van der Waals surface area contributed by atoms with Gasteiger partial charge in [0.05, 0.1) is 29.0 Å². The summed E-state index contributed by atoms with van der Waals surface area (Å²) in [6.45, 7) is 0.656. The molecule has 1 aliphatic heterocycles. The maximum absolute atomic E-state index is 13.3. The predicted octanol–water partition coefficient (Wildman–Crippen LogP) is 2.61. The molecule has 0 saturated carbocycles. The Labute approximate surface area is 172 Å². The standard InChI is InChI=1S/C22H20N6O2/c1-23-21(29)16-13-26-28-19(8-9-24-20(16)28)18-7-4-10-27(18)22(30)15-11-14-5-2-3-6-17(14)25-12-15/h2-3,5-6,8-9,11-13,18H,4,7,10H2,1H3,(H,23,29). The van der Waals surface area contributed by atoms with Gasteiger partial charge in [-0.25, -0.2) is 9.50 Å². The second-order valence-corrected chi connectivity index (χ2v) is 7.32. The Balaban J connectivity index is 1.52. The SMILES string of the molecule is CNC(=O)c1cnn2c(C3CCCN3C(=O)c3cnc4ccccc4c3)ccnc12. The minimum Gasteiger partial charge on any atom is -0.355 e. The van der Waals surface area contributed by atoms with Gasteiger partial charge in [-0.1, -0.05) is 18.2 Å². The molecule has 1 saturated heterocycles. The van der Waals surface area contributed by atoms with Crippen LogP contribution < -0.4 is 5.32 Å². The van der Waals surface area contributed by atoms with Crippen LogP contribution in [0.1, 0.15) is 45.3 Å². The minimum absolute atomic E-state index is 0.0561. The maximum atomic E-state index is 13.3. The molecule has 150 valence electrons. The summed E-state index contributed by atoms with van der Waals surface area (Å²) < 4.78 is 1.67. The Hall–Kier alpha value is -3.81. The van der Waals surface area contributed by atoms with Gasteiger partial charge < -0.3 is 10.2 Å². The van der Waals surface area contributed by atoms with E-state index in [1.54, 1.807) is 24.0 Å². The van der Waals surface area contributed by atoms with Gasteiger partial charge in [0.2, 0.25) is 0 Å². The van der Waals surface area contributed by atoms with Gasteiger partial charge in [-0.05, 0) is 31.0 Å². The fourth-order valence-corrected chi connectivity index (χ4v) is 4.13. The fourth-order valence-electron chi connectivity index (χ4n) is 4.13. The number of benzene rings is 1. The zero-order valence-corrected chi connectivity index (χ0v) is 16.4. The number of amides is 2. The number of carbonyl (C=O) groups excluding carboxylic acids is 2. The molecule has 8 heteroatoms. The average molecular weight is 400 g/mol. The van der Waals surface area contributed by atoms with Gasteiger partial charge in [-0.15, -0.1) is 0 Å². The van der Waals surface area contributed by atoms with Crippen LogP contribution in [0, 0.1) is 0 Å². The lowest BCUT2D eigenvalue weighted by Gasteiger charge is -2.25. The number of likely N-dealkylation sites (tertiary alicyclic amines) is 1. The maximum Gasteiger partial charge on any atom is 0.256 e. The van der Waals surface area contributed by atoms with Crippen LogP contribution in [0.15, 0.2) is 55.0 Å². The van der Waals surface area contributed by atoms with Crippen molar-refractivity contribution in [2.75, 3.05) is 13.6 Å². The summed E-state index contributed by atoms with van der Waals surface area (Å²) in [5.74, 6) is -0.296. The van der Waals surface area contributed by atoms with Crippen LogP contribution in [0.25, 0.3) is 16.6 Å². The van der Waals surface area contributed by atoms with Gasteiger partial charge in [0, 0.05) is 31.4 Å². The van der Waals surface area contributed by atoms with Crippen LogP contribution in [0.4, 0.5) is 0 Å². The summed E-state index contributed by atoms with van der Waals surface area (Å²) in [6.07, 6.45) is 6.53. The molecule has 0 bridgehead atoms. The van der Waals surface area contributed by atoms with E-state index < -0.39 is 0 Å². The molecule has 1 aromatic carbocycles. The minimum atomic E-state index is -0.240.